The van der Waals surface area contributed by atoms with E-state index in [4.69, 9.17) is 17.5 Å². The molecule has 0 aliphatic rings. The third kappa shape index (κ3) is 503. The van der Waals surface area contributed by atoms with Crippen LogP contribution in [0.4, 0.5) is 0 Å². The van der Waals surface area contributed by atoms with Crippen LogP contribution in [0.25, 0.3) is 0 Å². The van der Waals surface area contributed by atoms with E-state index in [1.807, 2.05) is 0 Å². The van der Waals surface area contributed by atoms with Crippen molar-refractivity contribution in [3.05, 3.63) is 0 Å². The predicted octanol–water partition coefficient (Wildman–Crippen LogP) is 0.167. The molecule has 0 atom stereocenters. The molecule has 0 aromatic carbocycles. The van der Waals surface area contributed by atoms with Crippen molar-refractivity contribution in [2.24, 2.45) is 0 Å². The first-order valence-corrected chi connectivity index (χ1v) is 2.00. The van der Waals surface area contributed by atoms with Crippen molar-refractivity contribution < 1.29 is 59.3 Å². The van der Waals surface area contributed by atoms with Crippen LogP contribution in [0.3, 0.4) is 0 Å². The summed E-state index contributed by atoms with van der Waals surface area (Å²) in [5, 5.41) is 0. The van der Waals surface area contributed by atoms with Crippen LogP contribution in [0, 0.1) is 41.7 Å². The van der Waals surface area contributed by atoms with Gasteiger partial charge in [0.2, 0.25) is 0 Å². The fourth-order valence-corrected chi connectivity index (χ4v) is 0. The Morgan fingerprint density at radius 1 is 0.800 bits per heavy atom. The standard InChI is InChI=1S/Ce.4H3N.H2O4S/c;;;;;1-5(2,3)4/h;4*1H3;(H2,1,2,3,4)/q+3;;;;;/p+2. The summed E-state index contributed by atoms with van der Waals surface area (Å²) in [4.78, 5) is 0. The van der Waals surface area contributed by atoms with Crippen molar-refractivity contribution in [2.75, 3.05) is 0 Å². The summed E-state index contributed by atoms with van der Waals surface area (Å²) in [6, 6.07) is 0. The van der Waals surface area contributed by atoms with Gasteiger partial charge in [-0.15, -0.1) is 0 Å². The van der Waals surface area contributed by atoms with E-state index in [-0.39, 0.29) is 66.3 Å². The van der Waals surface area contributed by atoms with Crippen LogP contribution in [-0.4, -0.2) is 17.5 Å². The average Bonchev–Trinajstić information content (AvgIpc) is 0.722. The van der Waals surface area contributed by atoms with Gasteiger partial charge in [0.05, 0.1) is 0 Å². The van der Waals surface area contributed by atoms with Crippen LogP contribution in [-0.2, 0) is 10.4 Å². The number of hydrogen-bond donors (Lipinski definition) is 4. The Morgan fingerprint density at radius 3 is 0.800 bits per heavy atom. The van der Waals surface area contributed by atoms with Crippen LogP contribution in [0.2, 0.25) is 0 Å². The van der Waals surface area contributed by atoms with Gasteiger partial charge >= 0.3 is 41.7 Å². The summed E-state index contributed by atoms with van der Waals surface area (Å²) in [6.07, 6.45) is 0. The third-order valence-corrected chi connectivity index (χ3v) is 0. The zero-order valence-corrected chi connectivity index (χ0v) is 10.5. The molecule has 0 aromatic heterocycles. The molecule has 0 saturated carbocycles. The maximum atomic E-state index is 8.52. The molecular weight excluding hydrogens is 292 g/mol. The maximum Gasteiger partial charge on any atom is 3.00 e. The Hall–Kier alpha value is 1.09. The Bertz CT molecular complexity index is 100. The number of quaternary nitrogens is 4. The van der Waals surface area contributed by atoms with Crippen LogP contribution in [0.15, 0.2) is 0 Å². The van der Waals surface area contributed by atoms with Crippen molar-refractivity contribution >= 4 is 10.4 Å². The molecule has 16 N–H and O–H groups in total. The summed E-state index contributed by atoms with van der Waals surface area (Å²) >= 11 is 0. The van der Waals surface area contributed by atoms with Gasteiger partial charge in [0.15, 0.2) is 0 Å². The minimum atomic E-state index is -5.17. The predicted molar refractivity (Wildman–Crippen MR) is 34.4 cm³/mol. The normalized spacial score (nSPS) is 5.80. The van der Waals surface area contributed by atoms with Crippen LogP contribution < -0.4 is 24.6 Å². The molecule has 0 aromatic rings. The first-order valence-electron chi connectivity index (χ1n) is 0.667. The van der Waals surface area contributed by atoms with Crippen LogP contribution >= 0.6 is 0 Å². The Balaban J connectivity index is -0.00000000800. The largest absolute Gasteiger partial charge is 3.00 e. The van der Waals surface area contributed by atoms with Crippen molar-refractivity contribution in [3.8, 4) is 0 Å². The molecule has 0 saturated heterocycles. The first kappa shape index (κ1) is 43.6. The van der Waals surface area contributed by atoms with E-state index in [1.54, 1.807) is 0 Å². The molecule has 0 aliphatic heterocycles. The summed E-state index contributed by atoms with van der Waals surface area (Å²) < 4.78 is 34.1. The minimum absolute atomic E-state index is 0. The number of rotatable bonds is 0. The van der Waals surface area contributed by atoms with Crippen molar-refractivity contribution in [1.29, 1.82) is 0 Å². The fraction of sp³-hybridized carbons (Fsp3) is 0. The second-order valence-corrected chi connectivity index (χ2v) is 1.22. The summed E-state index contributed by atoms with van der Waals surface area (Å²) in [7, 11) is -5.17. The Labute approximate surface area is 93.4 Å². The van der Waals surface area contributed by atoms with Crippen LogP contribution in [0.5, 0.6) is 0 Å². The van der Waals surface area contributed by atoms with E-state index in [0.717, 1.165) is 0 Å². The van der Waals surface area contributed by atoms with Crippen molar-refractivity contribution in [2.45, 2.75) is 0 Å². The Kier molecular flexibility index (Phi) is 72.3. The topological polar surface area (TPSA) is 226 Å². The SMILES string of the molecule is O=S(=O)([O-])[O-].[Ce+3].[NH4+].[NH4+].[NH4+].[NH4+]. The van der Waals surface area contributed by atoms with Gasteiger partial charge in [-0.3, -0.25) is 8.42 Å². The van der Waals surface area contributed by atoms with E-state index in [2.05, 4.69) is 0 Å². The molecule has 10 heteroatoms. The van der Waals surface area contributed by atoms with Gasteiger partial charge in [-0.1, -0.05) is 0 Å². The monoisotopic (exact) mass is 308 g/mol. The zero-order valence-electron chi connectivity index (χ0n) is 6.54. The summed E-state index contributed by atoms with van der Waals surface area (Å²) in [5.41, 5.74) is 0. The molecule has 0 fully saturated rings. The first-order chi connectivity index (χ1) is 2.00. The maximum absolute atomic E-state index is 8.52. The molecular formula is H16CeN4O4S+5. The van der Waals surface area contributed by atoms with Crippen LogP contribution in [0.1, 0.15) is 0 Å². The molecule has 0 bridgehead atoms. The molecule has 1 radical (unpaired) electrons. The summed E-state index contributed by atoms with van der Waals surface area (Å²) in [6.45, 7) is 0. The van der Waals surface area contributed by atoms with E-state index < -0.39 is 10.4 Å². The minimum Gasteiger partial charge on any atom is -0.759 e. The van der Waals surface area contributed by atoms with E-state index in [9.17, 15) is 0 Å². The Morgan fingerprint density at radius 2 is 0.800 bits per heavy atom. The van der Waals surface area contributed by atoms with Crippen molar-refractivity contribution in [1.82, 2.24) is 24.6 Å². The second-order valence-electron chi connectivity index (χ2n) is 0.408. The third-order valence-electron chi connectivity index (χ3n) is 0. The quantitative estimate of drug-likeness (QED) is 0.362. The van der Waals surface area contributed by atoms with E-state index in [1.165, 1.54) is 0 Å². The molecule has 0 rings (SSSR count). The molecule has 10 heavy (non-hydrogen) atoms. The zero-order chi connectivity index (χ0) is 4.50. The van der Waals surface area contributed by atoms with Gasteiger partial charge in [0.1, 0.15) is 0 Å². The molecule has 0 amide bonds. The van der Waals surface area contributed by atoms with E-state index in [0.29, 0.717) is 0 Å². The second kappa shape index (κ2) is 16.6. The summed E-state index contributed by atoms with van der Waals surface area (Å²) in [5.74, 6) is 0. The van der Waals surface area contributed by atoms with Gasteiger partial charge in [0, 0.05) is 10.4 Å². The molecule has 0 heterocycles. The van der Waals surface area contributed by atoms with Gasteiger partial charge in [-0.25, -0.2) is 0 Å². The molecule has 0 spiro atoms. The molecule has 65 valence electrons. The van der Waals surface area contributed by atoms with Gasteiger partial charge in [0.25, 0.3) is 0 Å². The average molecular weight is 308 g/mol. The van der Waals surface area contributed by atoms with Gasteiger partial charge < -0.3 is 33.7 Å². The molecule has 8 nitrogen and oxygen atoms in total. The van der Waals surface area contributed by atoms with Gasteiger partial charge in [-0.2, -0.15) is 0 Å². The van der Waals surface area contributed by atoms with Crippen molar-refractivity contribution in [3.63, 3.8) is 0 Å². The number of hydrogen-bond acceptors (Lipinski definition) is 4. The smallest absolute Gasteiger partial charge is 0.759 e. The fourth-order valence-electron chi connectivity index (χ4n) is 0. The van der Waals surface area contributed by atoms with E-state index >= 15 is 0 Å². The van der Waals surface area contributed by atoms with Gasteiger partial charge in [-0.05, 0) is 0 Å². The molecule has 0 aliphatic carbocycles. The molecule has 0 unspecified atom stereocenters.